The van der Waals surface area contributed by atoms with Crippen LogP contribution in [-0.4, -0.2) is 36.6 Å². The van der Waals surface area contributed by atoms with Crippen molar-refractivity contribution >= 4 is 32.7 Å². The predicted molar refractivity (Wildman–Crippen MR) is 118 cm³/mol. The molecule has 0 amide bonds. The minimum Gasteiger partial charge on any atom is -0.489 e. The lowest BCUT2D eigenvalue weighted by Crippen LogP contribution is -2.41. The van der Waals surface area contributed by atoms with Crippen LogP contribution in [-0.2, 0) is 26.2 Å². The summed E-state index contributed by atoms with van der Waals surface area (Å²) in [6.45, 7) is -0.0770. The molecule has 0 saturated carbocycles. The summed E-state index contributed by atoms with van der Waals surface area (Å²) >= 11 is 0. The highest BCUT2D eigenvalue weighted by Crippen LogP contribution is 2.25. The van der Waals surface area contributed by atoms with Gasteiger partial charge in [0.15, 0.2) is 0 Å². The fourth-order valence-corrected chi connectivity index (χ4v) is 4.37. The van der Waals surface area contributed by atoms with Crippen LogP contribution in [0.4, 0.5) is 4.39 Å². The van der Waals surface area contributed by atoms with Gasteiger partial charge in [0, 0.05) is 12.0 Å². The Hall–Kier alpha value is -4.01. The molecule has 3 N–H and O–H groups in total. The van der Waals surface area contributed by atoms with Crippen molar-refractivity contribution in [1.29, 1.82) is 5.26 Å². The number of rotatable bonds is 10. The van der Waals surface area contributed by atoms with Crippen LogP contribution >= 0.6 is 0 Å². The van der Waals surface area contributed by atoms with E-state index in [-0.39, 0.29) is 22.6 Å². The zero-order valence-electron chi connectivity index (χ0n) is 17.6. The van der Waals surface area contributed by atoms with Crippen LogP contribution in [0.15, 0.2) is 59.5 Å². The second kappa shape index (κ2) is 10.3. The number of aliphatic carboxylic acids is 2. The summed E-state index contributed by atoms with van der Waals surface area (Å²) in [5.74, 6) is -2.88. The average molecular weight is 486 g/mol. The Morgan fingerprint density at radius 1 is 1.06 bits per heavy atom. The van der Waals surface area contributed by atoms with E-state index in [4.69, 9.17) is 15.1 Å². The first-order chi connectivity index (χ1) is 16.1. The first-order valence-electron chi connectivity index (χ1n) is 9.91. The number of hydrogen-bond acceptors (Lipinski definition) is 6. The van der Waals surface area contributed by atoms with E-state index in [2.05, 4.69) is 0 Å². The average Bonchev–Trinajstić information content (AvgIpc) is 2.80. The molecular weight excluding hydrogens is 467 g/mol. The number of ether oxygens (including phenoxy) is 1. The van der Waals surface area contributed by atoms with Crippen LogP contribution < -0.4 is 9.46 Å². The van der Waals surface area contributed by atoms with Crippen LogP contribution in [0.1, 0.15) is 24.0 Å². The first-order valence-corrected chi connectivity index (χ1v) is 11.4. The zero-order chi connectivity index (χ0) is 24.9. The lowest BCUT2D eigenvalue weighted by atomic mass is 10.1. The number of carbonyl (C=O) groups is 2. The van der Waals surface area contributed by atoms with Crippen LogP contribution in [0.3, 0.4) is 0 Å². The number of carboxylic acids is 2. The third-order valence-electron chi connectivity index (χ3n) is 4.91. The molecule has 0 saturated heterocycles. The van der Waals surface area contributed by atoms with Gasteiger partial charge in [-0.3, -0.25) is 9.59 Å². The zero-order valence-corrected chi connectivity index (χ0v) is 18.4. The van der Waals surface area contributed by atoms with Crippen LogP contribution in [0.5, 0.6) is 5.75 Å². The van der Waals surface area contributed by atoms with Gasteiger partial charge in [-0.15, -0.1) is 0 Å². The van der Waals surface area contributed by atoms with Crippen molar-refractivity contribution in [3.8, 4) is 11.8 Å². The highest BCUT2D eigenvalue weighted by molar-refractivity contribution is 7.89. The summed E-state index contributed by atoms with van der Waals surface area (Å²) in [7, 11) is -4.23. The minimum atomic E-state index is -4.23. The summed E-state index contributed by atoms with van der Waals surface area (Å²) in [5.41, 5.74) is 0.464. The number of halogens is 1. The molecule has 3 aromatic carbocycles. The lowest BCUT2D eigenvalue weighted by Gasteiger charge is -2.14. The third kappa shape index (κ3) is 6.06. The van der Waals surface area contributed by atoms with Crippen molar-refractivity contribution in [2.75, 3.05) is 0 Å². The van der Waals surface area contributed by atoms with Crippen LogP contribution in [0.25, 0.3) is 10.8 Å². The van der Waals surface area contributed by atoms with Gasteiger partial charge in [0.1, 0.15) is 24.2 Å². The van der Waals surface area contributed by atoms with Crippen molar-refractivity contribution in [2.24, 2.45) is 0 Å². The summed E-state index contributed by atoms with van der Waals surface area (Å²) in [5, 5.41) is 27.9. The molecule has 3 aromatic rings. The molecule has 0 aliphatic carbocycles. The number of benzene rings is 3. The van der Waals surface area contributed by atoms with Crippen molar-refractivity contribution in [3.05, 3.63) is 71.5 Å². The molecule has 0 aromatic heterocycles. The van der Waals surface area contributed by atoms with Crippen molar-refractivity contribution in [3.63, 3.8) is 0 Å². The van der Waals surface area contributed by atoms with Gasteiger partial charge in [0.05, 0.1) is 16.5 Å². The highest BCUT2D eigenvalue weighted by Gasteiger charge is 2.26. The maximum atomic E-state index is 14.0. The normalized spacial score (nSPS) is 12.1. The van der Waals surface area contributed by atoms with Gasteiger partial charge in [0.2, 0.25) is 10.0 Å². The van der Waals surface area contributed by atoms with E-state index >= 15 is 0 Å². The fourth-order valence-electron chi connectivity index (χ4n) is 3.11. The van der Waals surface area contributed by atoms with Crippen molar-refractivity contribution in [2.45, 2.75) is 30.4 Å². The number of sulfonamides is 1. The summed E-state index contributed by atoms with van der Waals surface area (Å²) < 4.78 is 46.9. The van der Waals surface area contributed by atoms with Gasteiger partial charge in [-0.05, 0) is 53.6 Å². The number of fused-ring (bicyclic) bond motifs is 1. The topological polar surface area (TPSA) is 154 Å². The minimum absolute atomic E-state index is 0.0770. The Morgan fingerprint density at radius 2 is 1.76 bits per heavy atom. The van der Waals surface area contributed by atoms with Crippen molar-refractivity contribution < 1.29 is 37.3 Å². The molecule has 9 nitrogen and oxygen atoms in total. The number of hydrogen-bond donors (Lipinski definition) is 3. The largest absolute Gasteiger partial charge is 0.489 e. The highest BCUT2D eigenvalue weighted by atomic mass is 32.2. The summed E-state index contributed by atoms with van der Waals surface area (Å²) in [6, 6.07) is 13.2. The molecular formula is C23H19FN2O7S. The molecule has 0 aliphatic rings. The maximum absolute atomic E-state index is 14.0. The van der Waals surface area contributed by atoms with Gasteiger partial charge in [0.25, 0.3) is 0 Å². The molecule has 0 heterocycles. The first kappa shape index (κ1) is 24.6. The van der Waals surface area contributed by atoms with E-state index in [0.717, 1.165) is 6.07 Å². The molecule has 1 atom stereocenters. The van der Waals surface area contributed by atoms with E-state index in [1.165, 1.54) is 30.3 Å². The standard InChI is InChI=1S/C23H19FN2O7S/c24-20-9-14(12-25)1-2-17(20)13-33-18-5-3-16-11-19(6-4-15(16)10-18)34(31,32)26-21(23(29)30)7-8-22(27)28/h1-6,9-11,21,26H,7-8,13H2,(H,27,28)(H,29,30). The second-order valence-corrected chi connectivity index (χ2v) is 9.04. The Balaban J connectivity index is 1.76. The quantitative estimate of drug-likeness (QED) is 0.395. The fraction of sp³-hybridized carbons (Fsp3) is 0.174. The van der Waals surface area contributed by atoms with Crippen LogP contribution in [0.2, 0.25) is 0 Å². The number of nitriles is 1. The van der Waals surface area contributed by atoms with E-state index in [9.17, 15) is 27.5 Å². The Bertz CT molecular complexity index is 1400. The molecule has 1 unspecified atom stereocenters. The lowest BCUT2D eigenvalue weighted by molar-refractivity contribution is -0.140. The van der Waals surface area contributed by atoms with E-state index in [1.807, 2.05) is 10.8 Å². The van der Waals surface area contributed by atoms with Crippen molar-refractivity contribution in [1.82, 2.24) is 4.72 Å². The number of nitrogens with one attached hydrogen (secondary N) is 1. The van der Waals surface area contributed by atoms with E-state index in [1.54, 1.807) is 18.2 Å². The van der Waals surface area contributed by atoms with Gasteiger partial charge in [-0.25, -0.2) is 12.8 Å². The molecule has 0 spiro atoms. The van der Waals surface area contributed by atoms with E-state index in [0.29, 0.717) is 16.5 Å². The Morgan fingerprint density at radius 3 is 2.41 bits per heavy atom. The van der Waals surface area contributed by atoms with Gasteiger partial charge in [-0.2, -0.15) is 9.98 Å². The molecule has 0 bridgehead atoms. The summed E-state index contributed by atoms with van der Waals surface area (Å²) in [4.78, 5) is 21.8. The number of carboxylic acid groups (broad SMARTS) is 2. The Labute approximate surface area is 194 Å². The monoisotopic (exact) mass is 486 g/mol. The molecule has 176 valence electrons. The predicted octanol–water partition coefficient (Wildman–Crippen LogP) is 3.03. The van der Waals surface area contributed by atoms with Gasteiger partial charge in [-0.1, -0.05) is 18.2 Å². The number of nitrogens with zero attached hydrogens (tertiary/aromatic N) is 1. The second-order valence-electron chi connectivity index (χ2n) is 7.32. The molecule has 0 radical (unpaired) electrons. The molecule has 0 aliphatic heterocycles. The van der Waals surface area contributed by atoms with Gasteiger partial charge >= 0.3 is 11.9 Å². The third-order valence-corrected chi connectivity index (χ3v) is 6.38. The smallest absolute Gasteiger partial charge is 0.321 e. The SMILES string of the molecule is N#Cc1ccc(COc2ccc3cc(S(=O)(=O)NC(CCC(=O)O)C(=O)O)ccc3c2)c(F)c1. The Kier molecular flexibility index (Phi) is 7.45. The molecule has 3 rings (SSSR count). The van der Waals surface area contributed by atoms with E-state index < -0.39 is 46.7 Å². The maximum Gasteiger partial charge on any atom is 0.321 e. The van der Waals surface area contributed by atoms with Gasteiger partial charge < -0.3 is 14.9 Å². The molecule has 0 fully saturated rings. The molecule has 11 heteroatoms. The summed E-state index contributed by atoms with van der Waals surface area (Å²) in [6.07, 6.45) is -0.912. The molecule has 34 heavy (non-hydrogen) atoms. The van der Waals surface area contributed by atoms with Crippen LogP contribution in [0, 0.1) is 17.1 Å².